The SMILES string of the molecule is CC(Nc1ccccc1C(=O)O)c1cc(C2CC2)cc2c(=O)n(C)c(N3CC4CC4C3)nc12. The molecule has 3 unspecified atom stereocenters. The molecule has 2 aromatic carbocycles. The normalized spacial score (nSPS) is 22.3. The van der Waals surface area contributed by atoms with Crippen molar-refractivity contribution in [2.75, 3.05) is 23.3 Å². The van der Waals surface area contributed by atoms with Gasteiger partial charge in [-0.2, -0.15) is 0 Å². The summed E-state index contributed by atoms with van der Waals surface area (Å²) in [7, 11) is 1.82. The lowest BCUT2D eigenvalue weighted by Gasteiger charge is -2.24. The Kier molecular flexibility index (Phi) is 4.50. The third kappa shape index (κ3) is 3.46. The van der Waals surface area contributed by atoms with Gasteiger partial charge in [-0.05, 0) is 67.7 Å². The summed E-state index contributed by atoms with van der Waals surface area (Å²) >= 11 is 0. The molecule has 0 amide bonds. The number of nitrogens with one attached hydrogen (secondary N) is 1. The molecule has 2 aliphatic carbocycles. The number of carboxylic acid groups (broad SMARTS) is 1. The quantitative estimate of drug-likeness (QED) is 0.594. The Morgan fingerprint density at radius 3 is 2.61 bits per heavy atom. The molecule has 7 heteroatoms. The van der Waals surface area contributed by atoms with E-state index in [2.05, 4.69) is 16.3 Å². The van der Waals surface area contributed by atoms with Crippen LogP contribution in [0.25, 0.3) is 10.9 Å². The summed E-state index contributed by atoms with van der Waals surface area (Å²) in [6.07, 6.45) is 3.56. The van der Waals surface area contributed by atoms with E-state index in [9.17, 15) is 14.7 Å². The van der Waals surface area contributed by atoms with Gasteiger partial charge in [0.25, 0.3) is 5.56 Å². The average Bonchev–Trinajstić information content (AvgIpc) is 3.74. The van der Waals surface area contributed by atoms with E-state index in [-0.39, 0.29) is 17.2 Å². The van der Waals surface area contributed by atoms with Crippen LogP contribution < -0.4 is 15.8 Å². The van der Waals surface area contributed by atoms with Crippen LogP contribution in [0.2, 0.25) is 0 Å². The summed E-state index contributed by atoms with van der Waals surface area (Å²) in [6.45, 7) is 3.94. The van der Waals surface area contributed by atoms with Gasteiger partial charge in [0.05, 0.1) is 22.5 Å². The molecule has 1 saturated heterocycles. The molecule has 3 aromatic rings. The fourth-order valence-corrected chi connectivity index (χ4v) is 5.35. The third-order valence-corrected chi connectivity index (χ3v) is 7.51. The van der Waals surface area contributed by atoms with E-state index in [1.807, 2.05) is 26.1 Å². The lowest BCUT2D eigenvalue weighted by molar-refractivity contribution is 0.0698. The predicted molar refractivity (Wildman–Crippen MR) is 128 cm³/mol. The van der Waals surface area contributed by atoms with Crippen molar-refractivity contribution in [3.63, 3.8) is 0 Å². The Morgan fingerprint density at radius 2 is 1.91 bits per heavy atom. The standard InChI is InChI=1S/C26H28N4O3/c1-14(27-22-6-4-3-5-19(22)25(32)33)20-10-16(15-7-8-15)11-21-23(20)28-26(29(2)24(21)31)30-12-17-9-18(17)13-30/h3-6,10-11,14-15,17-18,27H,7-9,12-13H2,1-2H3,(H,32,33). The van der Waals surface area contributed by atoms with Crippen molar-refractivity contribution in [2.24, 2.45) is 18.9 Å². The molecule has 2 saturated carbocycles. The minimum Gasteiger partial charge on any atom is -0.478 e. The smallest absolute Gasteiger partial charge is 0.337 e. The van der Waals surface area contributed by atoms with Gasteiger partial charge < -0.3 is 15.3 Å². The second-order valence-electron chi connectivity index (χ2n) is 9.93. The number of benzene rings is 2. The number of carboxylic acids is 1. The van der Waals surface area contributed by atoms with Crippen molar-refractivity contribution >= 4 is 28.5 Å². The minimum absolute atomic E-state index is 0.0162. The molecule has 6 rings (SSSR count). The fraction of sp³-hybridized carbons (Fsp3) is 0.423. The van der Waals surface area contributed by atoms with Crippen LogP contribution in [0, 0.1) is 11.8 Å². The van der Waals surface area contributed by atoms with Crippen LogP contribution in [-0.4, -0.2) is 33.7 Å². The van der Waals surface area contributed by atoms with Gasteiger partial charge in [0.1, 0.15) is 0 Å². The molecule has 3 fully saturated rings. The summed E-state index contributed by atoms with van der Waals surface area (Å²) in [6, 6.07) is 10.9. The van der Waals surface area contributed by atoms with E-state index in [1.54, 1.807) is 22.8 Å². The molecule has 1 aromatic heterocycles. The highest BCUT2D eigenvalue weighted by Gasteiger charge is 2.46. The highest BCUT2D eigenvalue weighted by atomic mass is 16.4. The van der Waals surface area contributed by atoms with Crippen molar-refractivity contribution in [2.45, 2.75) is 38.1 Å². The Bertz CT molecular complexity index is 1330. The number of aromatic nitrogens is 2. The highest BCUT2D eigenvalue weighted by molar-refractivity contribution is 5.94. The number of nitrogens with zero attached hydrogens (tertiary/aromatic N) is 3. The molecule has 170 valence electrons. The van der Waals surface area contributed by atoms with Crippen LogP contribution in [0.3, 0.4) is 0 Å². The van der Waals surface area contributed by atoms with E-state index in [4.69, 9.17) is 4.98 Å². The maximum atomic E-state index is 13.5. The predicted octanol–water partition coefficient (Wildman–Crippen LogP) is 4.14. The monoisotopic (exact) mass is 444 g/mol. The van der Waals surface area contributed by atoms with Crippen molar-refractivity contribution in [3.8, 4) is 0 Å². The zero-order chi connectivity index (χ0) is 22.9. The van der Waals surface area contributed by atoms with E-state index in [0.29, 0.717) is 22.5 Å². The topological polar surface area (TPSA) is 87.5 Å². The van der Waals surface area contributed by atoms with Crippen LogP contribution in [-0.2, 0) is 7.05 Å². The number of piperidine rings is 1. The summed E-state index contributed by atoms with van der Waals surface area (Å²) in [5.41, 5.74) is 3.60. The molecule has 33 heavy (non-hydrogen) atoms. The van der Waals surface area contributed by atoms with Crippen molar-refractivity contribution in [1.29, 1.82) is 0 Å². The van der Waals surface area contributed by atoms with Gasteiger partial charge in [-0.25, -0.2) is 9.78 Å². The van der Waals surface area contributed by atoms with E-state index in [0.717, 1.165) is 49.3 Å². The van der Waals surface area contributed by atoms with Gasteiger partial charge in [0.2, 0.25) is 5.95 Å². The van der Waals surface area contributed by atoms with Gasteiger partial charge in [0, 0.05) is 31.4 Å². The molecule has 1 aliphatic heterocycles. The Morgan fingerprint density at radius 1 is 1.18 bits per heavy atom. The Hall–Kier alpha value is -3.35. The Balaban J connectivity index is 1.47. The largest absolute Gasteiger partial charge is 0.478 e. The molecule has 0 bridgehead atoms. The second kappa shape index (κ2) is 7.33. The minimum atomic E-state index is -0.969. The first-order valence-corrected chi connectivity index (χ1v) is 11.8. The third-order valence-electron chi connectivity index (χ3n) is 7.51. The first-order valence-electron chi connectivity index (χ1n) is 11.8. The molecule has 3 atom stereocenters. The van der Waals surface area contributed by atoms with Crippen LogP contribution in [0.15, 0.2) is 41.2 Å². The molecule has 7 nitrogen and oxygen atoms in total. The van der Waals surface area contributed by atoms with Crippen LogP contribution >= 0.6 is 0 Å². The zero-order valence-corrected chi connectivity index (χ0v) is 18.9. The maximum Gasteiger partial charge on any atom is 0.337 e. The summed E-state index contributed by atoms with van der Waals surface area (Å²) in [4.78, 5) is 32.5. The summed E-state index contributed by atoms with van der Waals surface area (Å²) in [5.74, 6) is 1.73. The number of para-hydroxylation sites is 1. The number of rotatable bonds is 6. The lowest BCUT2D eigenvalue weighted by atomic mass is 9.98. The van der Waals surface area contributed by atoms with Gasteiger partial charge in [-0.3, -0.25) is 9.36 Å². The van der Waals surface area contributed by atoms with E-state index < -0.39 is 5.97 Å². The Labute approximate surface area is 192 Å². The van der Waals surface area contributed by atoms with Crippen molar-refractivity contribution < 1.29 is 9.90 Å². The summed E-state index contributed by atoms with van der Waals surface area (Å²) in [5, 5.41) is 13.6. The first-order chi connectivity index (χ1) is 15.9. The number of anilines is 2. The van der Waals surface area contributed by atoms with Gasteiger partial charge >= 0.3 is 5.97 Å². The van der Waals surface area contributed by atoms with Gasteiger partial charge in [-0.15, -0.1) is 0 Å². The molecule has 2 N–H and O–H groups in total. The van der Waals surface area contributed by atoms with Gasteiger partial charge in [0.15, 0.2) is 0 Å². The van der Waals surface area contributed by atoms with Gasteiger partial charge in [-0.1, -0.05) is 18.2 Å². The van der Waals surface area contributed by atoms with Crippen LogP contribution in [0.5, 0.6) is 0 Å². The van der Waals surface area contributed by atoms with E-state index >= 15 is 0 Å². The molecule has 3 aliphatic rings. The molecular weight excluding hydrogens is 416 g/mol. The number of carbonyl (C=O) groups is 1. The maximum absolute atomic E-state index is 13.5. The molecule has 0 radical (unpaired) electrons. The number of fused-ring (bicyclic) bond motifs is 2. The number of aromatic carboxylic acids is 1. The molecular formula is C26H28N4O3. The average molecular weight is 445 g/mol. The molecule has 0 spiro atoms. The number of hydrogen-bond donors (Lipinski definition) is 2. The highest BCUT2D eigenvalue weighted by Crippen LogP contribution is 2.46. The van der Waals surface area contributed by atoms with Crippen molar-refractivity contribution in [3.05, 3.63) is 63.4 Å². The molecule has 2 heterocycles. The van der Waals surface area contributed by atoms with Crippen molar-refractivity contribution in [1.82, 2.24) is 9.55 Å². The van der Waals surface area contributed by atoms with E-state index in [1.165, 1.54) is 12.0 Å². The zero-order valence-electron chi connectivity index (χ0n) is 18.9. The first kappa shape index (κ1) is 20.3. The fourth-order valence-electron chi connectivity index (χ4n) is 5.35. The lowest BCUT2D eigenvalue weighted by Crippen LogP contribution is -2.31. The van der Waals surface area contributed by atoms with Crippen LogP contribution in [0.1, 0.15) is 59.6 Å². The summed E-state index contributed by atoms with van der Waals surface area (Å²) < 4.78 is 1.70. The van der Waals surface area contributed by atoms with Crippen LogP contribution in [0.4, 0.5) is 11.6 Å². The number of hydrogen-bond acceptors (Lipinski definition) is 5. The second-order valence-corrected chi connectivity index (χ2v) is 9.93.